The van der Waals surface area contributed by atoms with Gasteiger partial charge in [-0.1, -0.05) is 0 Å². The summed E-state index contributed by atoms with van der Waals surface area (Å²) in [5, 5.41) is 10.7. The van der Waals surface area contributed by atoms with E-state index >= 15 is 0 Å². The number of likely N-dealkylation sites (N-methyl/N-ethyl adjacent to an activating group) is 1. The van der Waals surface area contributed by atoms with Crippen LogP contribution in [0.4, 0.5) is 23.7 Å². The molecule has 5 rings (SSSR count). The maximum absolute atomic E-state index is 11.8. The molecule has 2 aromatic heterocycles. The molecule has 0 spiro atoms. The van der Waals surface area contributed by atoms with E-state index < -0.39 is 0 Å². The maximum atomic E-state index is 11.8. The highest BCUT2D eigenvalue weighted by Crippen LogP contribution is 2.39. The standard InChI is InChI=1S/C21H31N9O2/c1-28-6-3-7-29(9-8-28)20-23-19(22-18-11-17(26-27-18)14-4-5-14)24-21(25-20)30-12-16(32-2)10-15(30)13-31/h11,13-16H,3-10,12H2,1-2H3,(H2,22,23,24,25,26,27)/t15-,16-/m0/s1. The first-order valence-corrected chi connectivity index (χ1v) is 11.4. The fourth-order valence-corrected chi connectivity index (χ4v) is 4.39. The lowest BCUT2D eigenvalue weighted by atomic mass is 10.2. The zero-order valence-corrected chi connectivity index (χ0v) is 18.7. The molecule has 0 unspecified atom stereocenters. The highest BCUT2D eigenvalue weighted by atomic mass is 16.5. The molecule has 4 heterocycles. The van der Waals surface area contributed by atoms with Gasteiger partial charge in [0.2, 0.25) is 17.8 Å². The largest absolute Gasteiger partial charge is 0.380 e. The number of nitrogens with zero attached hydrogens (tertiary/aromatic N) is 7. The molecule has 3 aliphatic rings. The van der Waals surface area contributed by atoms with E-state index in [4.69, 9.17) is 14.7 Å². The van der Waals surface area contributed by atoms with Crippen LogP contribution in [0, 0.1) is 0 Å². The van der Waals surface area contributed by atoms with Gasteiger partial charge in [0.15, 0.2) is 0 Å². The average Bonchev–Trinajstić information content (AvgIpc) is 3.46. The van der Waals surface area contributed by atoms with Crippen molar-refractivity contribution in [3.63, 3.8) is 0 Å². The van der Waals surface area contributed by atoms with Crippen molar-refractivity contribution in [1.29, 1.82) is 0 Å². The van der Waals surface area contributed by atoms with Gasteiger partial charge in [0, 0.05) is 51.7 Å². The molecule has 0 amide bonds. The van der Waals surface area contributed by atoms with Gasteiger partial charge in [-0.15, -0.1) is 0 Å². The summed E-state index contributed by atoms with van der Waals surface area (Å²) in [5.41, 5.74) is 1.07. The van der Waals surface area contributed by atoms with Crippen molar-refractivity contribution >= 4 is 29.9 Å². The van der Waals surface area contributed by atoms with Gasteiger partial charge in [0.05, 0.1) is 17.8 Å². The molecule has 2 atom stereocenters. The number of anilines is 4. The van der Waals surface area contributed by atoms with Gasteiger partial charge in [0.25, 0.3) is 0 Å². The van der Waals surface area contributed by atoms with Crippen LogP contribution >= 0.6 is 0 Å². The van der Waals surface area contributed by atoms with E-state index in [0.29, 0.717) is 36.7 Å². The Morgan fingerprint density at radius 2 is 2.00 bits per heavy atom. The third kappa shape index (κ3) is 4.53. The molecule has 0 radical (unpaired) electrons. The van der Waals surface area contributed by atoms with Gasteiger partial charge in [-0.3, -0.25) is 5.10 Å². The summed E-state index contributed by atoms with van der Waals surface area (Å²) in [4.78, 5) is 32.4. The minimum absolute atomic E-state index is 0.0256. The molecule has 172 valence electrons. The average molecular weight is 442 g/mol. The van der Waals surface area contributed by atoms with Crippen LogP contribution in [-0.4, -0.2) is 95.4 Å². The predicted molar refractivity (Wildman–Crippen MR) is 121 cm³/mol. The lowest BCUT2D eigenvalue weighted by Crippen LogP contribution is -2.35. The highest BCUT2D eigenvalue weighted by Gasteiger charge is 2.34. The molecular weight excluding hydrogens is 410 g/mol. The van der Waals surface area contributed by atoms with E-state index in [9.17, 15) is 4.79 Å². The number of aromatic amines is 1. The highest BCUT2D eigenvalue weighted by molar-refractivity contribution is 5.66. The van der Waals surface area contributed by atoms with Crippen molar-refractivity contribution in [2.75, 3.05) is 62.0 Å². The van der Waals surface area contributed by atoms with Crippen LogP contribution in [0.5, 0.6) is 0 Å². The van der Waals surface area contributed by atoms with Gasteiger partial charge in [-0.25, -0.2) is 0 Å². The minimum atomic E-state index is -0.313. The van der Waals surface area contributed by atoms with Gasteiger partial charge >= 0.3 is 0 Å². The van der Waals surface area contributed by atoms with E-state index in [1.807, 2.05) is 11.0 Å². The summed E-state index contributed by atoms with van der Waals surface area (Å²) in [7, 11) is 3.81. The second kappa shape index (κ2) is 8.99. The van der Waals surface area contributed by atoms with Crippen molar-refractivity contribution in [3.8, 4) is 0 Å². The van der Waals surface area contributed by atoms with Gasteiger partial charge < -0.3 is 29.5 Å². The summed E-state index contributed by atoms with van der Waals surface area (Å²) >= 11 is 0. The Morgan fingerprint density at radius 3 is 2.78 bits per heavy atom. The van der Waals surface area contributed by atoms with Crippen molar-refractivity contribution in [1.82, 2.24) is 30.0 Å². The number of aromatic nitrogens is 5. The Labute approximate surface area is 187 Å². The number of H-pyrrole nitrogens is 1. The summed E-state index contributed by atoms with van der Waals surface area (Å²) in [6.07, 6.45) is 4.98. The van der Waals surface area contributed by atoms with Crippen LogP contribution in [0.3, 0.4) is 0 Å². The molecule has 0 aromatic carbocycles. The first kappa shape index (κ1) is 21.1. The van der Waals surface area contributed by atoms with Crippen LogP contribution < -0.4 is 15.1 Å². The van der Waals surface area contributed by atoms with Crippen molar-refractivity contribution in [3.05, 3.63) is 11.8 Å². The molecule has 2 saturated heterocycles. The normalized spacial score (nSPS) is 24.6. The Bertz CT molecular complexity index is 947. The summed E-state index contributed by atoms with van der Waals surface area (Å²) < 4.78 is 5.51. The number of aldehydes is 1. The van der Waals surface area contributed by atoms with Crippen LogP contribution in [0.1, 0.15) is 37.3 Å². The number of carbonyl (C=O) groups is 1. The number of hydrogen-bond acceptors (Lipinski definition) is 10. The molecule has 11 nitrogen and oxygen atoms in total. The molecule has 2 aromatic rings. The number of methoxy groups -OCH3 is 1. The lowest BCUT2D eigenvalue weighted by molar-refractivity contribution is -0.109. The zero-order valence-electron chi connectivity index (χ0n) is 18.7. The van der Waals surface area contributed by atoms with Crippen LogP contribution in [0.25, 0.3) is 0 Å². The molecule has 1 aliphatic carbocycles. The summed E-state index contributed by atoms with van der Waals surface area (Å²) in [6.45, 7) is 4.28. The molecule has 1 saturated carbocycles. The predicted octanol–water partition coefficient (Wildman–Crippen LogP) is 1.15. The maximum Gasteiger partial charge on any atom is 0.234 e. The topological polar surface area (TPSA) is 115 Å². The number of hydrogen-bond donors (Lipinski definition) is 2. The molecule has 2 aliphatic heterocycles. The minimum Gasteiger partial charge on any atom is -0.380 e. The number of nitrogens with one attached hydrogen (secondary N) is 2. The van der Waals surface area contributed by atoms with Gasteiger partial charge in [-0.05, 0) is 32.9 Å². The van der Waals surface area contributed by atoms with Crippen molar-refractivity contribution in [2.45, 2.75) is 43.7 Å². The second-order valence-electron chi connectivity index (χ2n) is 8.96. The van der Waals surface area contributed by atoms with Crippen LogP contribution in [0.2, 0.25) is 0 Å². The van der Waals surface area contributed by atoms with E-state index in [1.54, 1.807) is 7.11 Å². The summed E-state index contributed by atoms with van der Waals surface area (Å²) in [6, 6.07) is 1.71. The molecule has 3 fully saturated rings. The number of rotatable bonds is 7. The van der Waals surface area contributed by atoms with Crippen molar-refractivity contribution in [2.24, 2.45) is 0 Å². The smallest absolute Gasteiger partial charge is 0.234 e. The molecule has 2 N–H and O–H groups in total. The molecular formula is C21H31N9O2. The summed E-state index contributed by atoms with van der Waals surface area (Å²) in [5.74, 6) is 2.88. The van der Waals surface area contributed by atoms with Gasteiger partial charge in [-0.2, -0.15) is 20.1 Å². The van der Waals surface area contributed by atoms with E-state index in [0.717, 1.165) is 50.4 Å². The SMILES string of the molecule is CO[C@H]1C[C@@H](C=O)N(c2nc(Nc3cc(C4CC4)n[nH]3)nc(N3CCCN(C)CC3)n2)C1. The molecule has 0 bridgehead atoms. The monoisotopic (exact) mass is 441 g/mol. The number of ether oxygens (including phenoxy) is 1. The van der Waals surface area contributed by atoms with E-state index in [2.05, 4.69) is 37.3 Å². The lowest BCUT2D eigenvalue weighted by Gasteiger charge is -2.25. The van der Waals surface area contributed by atoms with Crippen LogP contribution in [0.15, 0.2) is 6.07 Å². The Kier molecular flexibility index (Phi) is 5.92. The van der Waals surface area contributed by atoms with E-state index in [1.165, 1.54) is 12.8 Å². The fraction of sp³-hybridized carbons (Fsp3) is 0.667. The van der Waals surface area contributed by atoms with E-state index in [-0.39, 0.29) is 12.1 Å². The molecule has 32 heavy (non-hydrogen) atoms. The van der Waals surface area contributed by atoms with Gasteiger partial charge in [0.1, 0.15) is 12.1 Å². The third-order valence-corrected chi connectivity index (χ3v) is 6.51. The van der Waals surface area contributed by atoms with Crippen LogP contribution in [-0.2, 0) is 9.53 Å². The fourth-order valence-electron chi connectivity index (χ4n) is 4.39. The first-order valence-electron chi connectivity index (χ1n) is 11.4. The first-order chi connectivity index (χ1) is 15.6. The quantitative estimate of drug-likeness (QED) is 0.606. The Hall–Kier alpha value is -2.79. The third-order valence-electron chi connectivity index (χ3n) is 6.51. The Morgan fingerprint density at radius 1 is 1.16 bits per heavy atom. The number of carbonyl (C=O) groups excluding carboxylic acids is 1. The Balaban J connectivity index is 1.45. The zero-order chi connectivity index (χ0) is 22.1. The second-order valence-corrected chi connectivity index (χ2v) is 8.96. The van der Waals surface area contributed by atoms with Crippen molar-refractivity contribution < 1.29 is 9.53 Å². The molecule has 11 heteroatoms.